The molecule has 1 aliphatic heterocycles. The smallest absolute Gasteiger partial charge is 0.241 e. The van der Waals surface area contributed by atoms with Crippen LogP contribution in [0.3, 0.4) is 0 Å². The van der Waals surface area contributed by atoms with Crippen molar-refractivity contribution in [2.24, 2.45) is 5.92 Å². The summed E-state index contributed by atoms with van der Waals surface area (Å²) >= 11 is 0. The van der Waals surface area contributed by atoms with Crippen LogP contribution in [-0.2, 0) is 9.59 Å². The predicted octanol–water partition coefficient (Wildman–Crippen LogP) is 0.665. The Hall–Kier alpha value is -1.57. The van der Waals surface area contributed by atoms with Gasteiger partial charge in [0.05, 0.1) is 12.6 Å². The number of hydrogen-bond donors (Lipinski definition) is 1. The normalized spacial score (nSPS) is 16.4. The number of nitrogens with one attached hydrogen (secondary N) is 1. The molecule has 5 nitrogen and oxygen atoms in total. The molecule has 1 fully saturated rings. The van der Waals surface area contributed by atoms with E-state index in [1.54, 1.807) is 4.90 Å². The molecule has 17 heavy (non-hydrogen) atoms. The number of carbonyl (C=O) groups is 2. The zero-order valence-electron chi connectivity index (χ0n) is 10.2. The SMILES string of the molecule is CCCC(C#N)C(=O)NCC(=O)N1CCCC1. The van der Waals surface area contributed by atoms with Gasteiger partial charge in [0, 0.05) is 13.1 Å². The largest absolute Gasteiger partial charge is 0.346 e. The first-order valence-corrected chi connectivity index (χ1v) is 6.14. The van der Waals surface area contributed by atoms with Gasteiger partial charge in [0.2, 0.25) is 11.8 Å². The van der Waals surface area contributed by atoms with E-state index in [0.717, 1.165) is 32.4 Å². The molecule has 1 atom stereocenters. The second-order valence-corrected chi connectivity index (χ2v) is 4.28. The number of amides is 2. The summed E-state index contributed by atoms with van der Waals surface area (Å²) in [6.45, 7) is 3.50. The van der Waals surface area contributed by atoms with Crippen LogP contribution in [0.4, 0.5) is 0 Å². The minimum absolute atomic E-state index is 0.0146. The van der Waals surface area contributed by atoms with Gasteiger partial charge in [-0.25, -0.2) is 0 Å². The first-order valence-electron chi connectivity index (χ1n) is 6.14. The van der Waals surface area contributed by atoms with Crippen LogP contribution in [0.15, 0.2) is 0 Å². The molecule has 1 heterocycles. The van der Waals surface area contributed by atoms with Gasteiger partial charge in [0.1, 0.15) is 5.92 Å². The molecule has 0 aromatic rings. The van der Waals surface area contributed by atoms with Gasteiger partial charge in [-0.2, -0.15) is 5.26 Å². The number of nitriles is 1. The van der Waals surface area contributed by atoms with Crippen LogP contribution < -0.4 is 5.32 Å². The van der Waals surface area contributed by atoms with Crippen molar-refractivity contribution in [3.8, 4) is 6.07 Å². The van der Waals surface area contributed by atoms with Gasteiger partial charge in [-0.3, -0.25) is 9.59 Å². The lowest BCUT2D eigenvalue weighted by atomic mass is 10.1. The van der Waals surface area contributed by atoms with Crippen LogP contribution >= 0.6 is 0 Å². The molecule has 2 amide bonds. The first kappa shape index (κ1) is 13.5. The lowest BCUT2D eigenvalue weighted by Gasteiger charge is -2.16. The molecule has 5 heteroatoms. The van der Waals surface area contributed by atoms with Gasteiger partial charge in [0.15, 0.2) is 0 Å². The van der Waals surface area contributed by atoms with E-state index in [9.17, 15) is 9.59 Å². The fourth-order valence-electron chi connectivity index (χ4n) is 1.91. The van der Waals surface area contributed by atoms with Crippen LogP contribution in [0.1, 0.15) is 32.6 Å². The third-order valence-electron chi connectivity index (χ3n) is 2.92. The molecular weight excluding hydrogens is 218 g/mol. The highest BCUT2D eigenvalue weighted by Crippen LogP contribution is 2.07. The fourth-order valence-corrected chi connectivity index (χ4v) is 1.91. The zero-order valence-corrected chi connectivity index (χ0v) is 10.2. The molecule has 0 radical (unpaired) electrons. The maximum Gasteiger partial charge on any atom is 0.241 e. The fraction of sp³-hybridized carbons (Fsp3) is 0.750. The average molecular weight is 237 g/mol. The number of rotatable bonds is 5. The summed E-state index contributed by atoms with van der Waals surface area (Å²) in [7, 11) is 0. The summed E-state index contributed by atoms with van der Waals surface area (Å²) < 4.78 is 0. The monoisotopic (exact) mass is 237 g/mol. The topological polar surface area (TPSA) is 73.2 Å². The molecule has 0 saturated carbocycles. The number of nitrogens with zero attached hydrogens (tertiary/aromatic N) is 2. The van der Waals surface area contributed by atoms with Crippen molar-refractivity contribution >= 4 is 11.8 Å². The molecule has 1 rings (SSSR count). The molecule has 0 aromatic carbocycles. The first-order chi connectivity index (χ1) is 8.19. The number of carbonyl (C=O) groups excluding carboxylic acids is 2. The van der Waals surface area contributed by atoms with Gasteiger partial charge in [-0.15, -0.1) is 0 Å². The van der Waals surface area contributed by atoms with E-state index in [1.165, 1.54) is 0 Å². The minimum atomic E-state index is -0.633. The highest BCUT2D eigenvalue weighted by atomic mass is 16.2. The van der Waals surface area contributed by atoms with Crippen LogP contribution in [-0.4, -0.2) is 36.3 Å². The summed E-state index contributed by atoms with van der Waals surface area (Å²) in [6, 6.07) is 1.96. The standard InChI is InChI=1S/C12H19N3O2/c1-2-5-10(8-13)12(17)14-9-11(16)15-6-3-4-7-15/h10H,2-7,9H2,1H3,(H,14,17). The minimum Gasteiger partial charge on any atom is -0.346 e. The van der Waals surface area contributed by atoms with Crippen LogP contribution in [0, 0.1) is 17.2 Å². The quantitative estimate of drug-likeness (QED) is 0.763. The van der Waals surface area contributed by atoms with Crippen LogP contribution in [0.25, 0.3) is 0 Å². The van der Waals surface area contributed by atoms with Gasteiger partial charge in [-0.1, -0.05) is 13.3 Å². The van der Waals surface area contributed by atoms with Crippen molar-refractivity contribution in [2.45, 2.75) is 32.6 Å². The molecule has 1 N–H and O–H groups in total. The molecule has 0 spiro atoms. The molecule has 0 aromatic heterocycles. The molecule has 1 unspecified atom stereocenters. The summed E-state index contributed by atoms with van der Waals surface area (Å²) in [5.41, 5.74) is 0. The lowest BCUT2D eigenvalue weighted by molar-refractivity contribution is -0.132. The van der Waals surface area contributed by atoms with E-state index < -0.39 is 5.92 Å². The van der Waals surface area contributed by atoms with E-state index in [1.807, 2.05) is 13.0 Å². The van der Waals surface area contributed by atoms with Gasteiger partial charge >= 0.3 is 0 Å². The van der Waals surface area contributed by atoms with Crippen molar-refractivity contribution in [1.29, 1.82) is 5.26 Å². The van der Waals surface area contributed by atoms with Crippen molar-refractivity contribution in [1.82, 2.24) is 10.2 Å². The Morgan fingerprint density at radius 2 is 2.06 bits per heavy atom. The average Bonchev–Trinajstić information content (AvgIpc) is 2.86. The van der Waals surface area contributed by atoms with Crippen molar-refractivity contribution < 1.29 is 9.59 Å². The molecule has 0 bridgehead atoms. The summed E-state index contributed by atoms with van der Waals surface area (Å²) in [4.78, 5) is 25.0. The summed E-state index contributed by atoms with van der Waals surface area (Å²) in [6.07, 6.45) is 3.40. The van der Waals surface area contributed by atoms with E-state index in [2.05, 4.69) is 5.32 Å². The Balaban J connectivity index is 2.31. The van der Waals surface area contributed by atoms with Crippen molar-refractivity contribution in [2.75, 3.05) is 19.6 Å². The van der Waals surface area contributed by atoms with Crippen LogP contribution in [0.5, 0.6) is 0 Å². The second kappa shape index (κ2) is 6.89. The molecule has 1 saturated heterocycles. The number of hydrogen-bond acceptors (Lipinski definition) is 3. The van der Waals surface area contributed by atoms with Gasteiger partial charge in [0.25, 0.3) is 0 Å². The maximum atomic E-state index is 11.6. The van der Waals surface area contributed by atoms with Gasteiger partial charge < -0.3 is 10.2 Å². The lowest BCUT2D eigenvalue weighted by Crippen LogP contribution is -2.40. The summed E-state index contributed by atoms with van der Waals surface area (Å²) in [5, 5.41) is 11.3. The molecule has 1 aliphatic rings. The third kappa shape index (κ3) is 4.06. The van der Waals surface area contributed by atoms with Crippen molar-refractivity contribution in [3.63, 3.8) is 0 Å². The summed E-state index contributed by atoms with van der Waals surface area (Å²) in [5.74, 6) is -1.02. The van der Waals surface area contributed by atoms with E-state index in [-0.39, 0.29) is 18.4 Å². The van der Waals surface area contributed by atoms with E-state index in [4.69, 9.17) is 5.26 Å². The van der Waals surface area contributed by atoms with E-state index >= 15 is 0 Å². The third-order valence-corrected chi connectivity index (χ3v) is 2.92. The predicted molar refractivity (Wildman–Crippen MR) is 62.8 cm³/mol. The molecule has 0 aliphatic carbocycles. The maximum absolute atomic E-state index is 11.6. The Labute approximate surface area is 102 Å². The Morgan fingerprint density at radius 3 is 2.59 bits per heavy atom. The van der Waals surface area contributed by atoms with Crippen molar-refractivity contribution in [3.05, 3.63) is 0 Å². The Bertz CT molecular complexity index is 316. The zero-order chi connectivity index (χ0) is 12.7. The van der Waals surface area contributed by atoms with Crippen LogP contribution in [0.2, 0.25) is 0 Å². The molecule has 94 valence electrons. The Morgan fingerprint density at radius 1 is 1.41 bits per heavy atom. The molecular formula is C12H19N3O2. The highest BCUT2D eigenvalue weighted by molar-refractivity contribution is 5.87. The second-order valence-electron chi connectivity index (χ2n) is 4.28. The number of likely N-dealkylation sites (tertiary alicyclic amines) is 1. The van der Waals surface area contributed by atoms with E-state index in [0.29, 0.717) is 6.42 Å². The van der Waals surface area contributed by atoms with Gasteiger partial charge in [-0.05, 0) is 19.3 Å². The highest BCUT2D eigenvalue weighted by Gasteiger charge is 2.21. The Kier molecular flexibility index (Phi) is 5.47.